The number of nitrogens with zero attached hydrogens (tertiary/aromatic N) is 2. The lowest BCUT2D eigenvalue weighted by Crippen LogP contribution is -2.43. The molecule has 0 aromatic carbocycles. The summed E-state index contributed by atoms with van der Waals surface area (Å²) in [4.78, 5) is 2.44. The molecule has 2 rings (SSSR count). The van der Waals surface area contributed by atoms with Crippen LogP contribution in [0.3, 0.4) is 0 Å². The van der Waals surface area contributed by atoms with Crippen LogP contribution >= 0.6 is 0 Å². The smallest absolute Gasteiger partial charge is 0.162 e. The van der Waals surface area contributed by atoms with E-state index in [4.69, 9.17) is 15.0 Å². The zero-order valence-electron chi connectivity index (χ0n) is 11.3. The summed E-state index contributed by atoms with van der Waals surface area (Å²) in [6.07, 6.45) is 2.45. The Balaban J connectivity index is 1.93. The van der Waals surface area contributed by atoms with Crippen molar-refractivity contribution < 1.29 is 9.26 Å². The highest BCUT2D eigenvalue weighted by Gasteiger charge is 2.25. The lowest BCUT2D eigenvalue weighted by Gasteiger charge is -2.37. The second kappa shape index (κ2) is 6.31. The van der Waals surface area contributed by atoms with E-state index in [2.05, 4.69) is 17.0 Å². The predicted octanol–water partition coefficient (Wildman–Crippen LogP) is 1.38. The maximum absolute atomic E-state index is 5.77. The summed E-state index contributed by atoms with van der Waals surface area (Å²) in [5.74, 6) is 1.40. The summed E-state index contributed by atoms with van der Waals surface area (Å²) in [5.41, 5.74) is 6.75. The van der Waals surface area contributed by atoms with Gasteiger partial charge < -0.3 is 15.0 Å². The first-order chi connectivity index (χ1) is 8.72. The predicted molar refractivity (Wildman–Crippen MR) is 68.9 cm³/mol. The van der Waals surface area contributed by atoms with Gasteiger partial charge in [0.15, 0.2) is 5.76 Å². The molecule has 102 valence electrons. The highest BCUT2D eigenvalue weighted by Crippen LogP contribution is 2.23. The molecule has 2 heterocycles. The van der Waals surface area contributed by atoms with E-state index in [1.165, 1.54) is 12.8 Å². The van der Waals surface area contributed by atoms with Gasteiger partial charge in [0.1, 0.15) is 6.61 Å². The van der Waals surface area contributed by atoms with Crippen LogP contribution in [0.4, 0.5) is 0 Å². The van der Waals surface area contributed by atoms with Crippen LogP contribution in [-0.2, 0) is 17.9 Å². The van der Waals surface area contributed by atoms with Gasteiger partial charge in [0.2, 0.25) is 0 Å². The summed E-state index contributed by atoms with van der Waals surface area (Å²) in [6.45, 7) is 5.42. The lowest BCUT2D eigenvalue weighted by molar-refractivity contribution is 0.110. The molecule has 5 heteroatoms. The first-order valence-corrected chi connectivity index (χ1v) is 6.60. The van der Waals surface area contributed by atoms with E-state index < -0.39 is 0 Å². The van der Waals surface area contributed by atoms with Crippen molar-refractivity contribution in [1.29, 1.82) is 0 Å². The number of nitrogens with two attached hydrogens (primary N) is 1. The van der Waals surface area contributed by atoms with Crippen molar-refractivity contribution in [1.82, 2.24) is 10.1 Å². The molecule has 0 amide bonds. The van der Waals surface area contributed by atoms with E-state index in [0.717, 1.165) is 31.1 Å². The first-order valence-electron chi connectivity index (χ1n) is 6.60. The molecule has 2 atom stereocenters. The van der Waals surface area contributed by atoms with Crippen molar-refractivity contribution in [2.75, 3.05) is 20.2 Å². The summed E-state index contributed by atoms with van der Waals surface area (Å²) < 4.78 is 10.2. The van der Waals surface area contributed by atoms with Crippen molar-refractivity contribution in [3.63, 3.8) is 0 Å². The third kappa shape index (κ3) is 3.31. The largest absolute Gasteiger partial charge is 0.377 e. The summed E-state index contributed by atoms with van der Waals surface area (Å²) in [6, 6.07) is 2.57. The molecule has 5 nitrogen and oxygen atoms in total. The number of hydrogen-bond donors (Lipinski definition) is 1. The van der Waals surface area contributed by atoms with Gasteiger partial charge in [0, 0.05) is 32.3 Å². The van der Waals surface area contributed by atoms with Crippen molar-refractivity contribution in [2.24, 2.45) is 11.7 Å². The molecule has 2 unspecified atom stereocenters. The van der Waals surface area contributed by atoms with Gasteiger partial charge in [-0.2, -0.15) is 0 Å². The average Bonchev–Trinajstić information content (AvgIpc) is 2.80. The van der Waals surface area contributed by atoms with E-state index in [0.29, 0.717) is 18.6 Å². The molecule has 0 aliphatic carbocycles. The number of aromatic nitrogens is 1. The van der Waals surface area contributed by atoms with Gasteiger partial charge in [-0.05, 0) is 32.2 Å². The molecule has 2 N–H and O–H groups in total. The number of piperidine rings is 1. The second-order valence-corrected chi connectivity index (χ2v) is 5.18. The van der Waals surface area contributed by atoms with Crippen LogP contribution in [0, 0.1) is 5.92 Å². The van der Waals surface area contributed by atoms with Crippen molar-refractivity contribution in [3.05, 3.63) is 17.5 Å². The highest BCUT2D eigenvalue weighted by atomic mass is 16.5. The second-order valence-electron chi connectivity index (χ2n) is 5.18. The Labute approximate surface area is 108 Å². The Morgan fingerprint density at radius 3 is 3.11 bits per heavy atom. The fraction of sp³-hybridized carbons (Fsp3) is 0.769. The molecule has 1 aromatic heterocycles. The average molecular weight is 253 g/mol. The van der Waals surface area contributed by atoms with Crippen molar-refractivity contribution in [2.45, 2.75) is 39.0 Å². The van der Waals surface area contributed by atoms with E-state index in [1.807, 2.05) is 6.07 Å². The zero-order chi connectivity index (χ0) is 13.0. The van der Waals surface area contributed by atoms with Gasteiger partial charge in [-0.15, -0.1) is 0 Å². The zero-order valence-corrected chi connectivity index (χ0v) is 11.3. The summed E-state index contributed by atoms with van der Waals surface area (Å²) in [5, 5.41) is 4.09. The topological polar surface area (TPSA) is 64.5 Å². The number of ether oxygens (including phenoxy) is 1. The van der Waals surface area contributed by atoms with Crippen LogP contribution < -0.4 is 5.73 Å². The van der Waals surface area contributed by atoms with Crippen molar-refractivity contribution >= 4 is 0 Å². The normalized spacial score (nSPS) is 25.5. The minimum Gasteiger partial charge on any atom is -0.377 e. The van der Waals surface area contributed by atoms with Crippen LogP contribution in [0.15, 0.2) is 10.6 Å². The highest BCUT2D eigenvalue weighted by molar-refractivity contribution is 5.05. The van der Waals surface area contributed by atoms with Gasteiger partial charge in [0.25, 0.3) is 0 Å². The summed E-state index contributed by atoms with van der Waals surface area (Å²) >= 11 is 0. The number of rotatable bonds is 5. The first kappa shape index (κ1) is 13.5. The lowest BCUT2D eigenvalue weighted by atomic mass is 9.93. The minimum absolute atomic E-state index is 0.480. The fourth-order valence-electron chi connectivity index (χ4n) is 2.52. The van der Waals surface area contributed by atoms with Crippen molar-refractivity contribution in [3.8, 4) is 0 Å². The molecular formula is C13H23N3O2. The molecule has 0 spiro atoms. The molecule has 0 saturated carbocycles. The van der Waals surface area contributed by atoms with E-state index >= 15 is 0 Å². The Bertz CT molecular complexity index is 367. The number of hydrogen-bond acceptors (Lipinski definition) is 5. The molecule has 1 fully saturated rings. The van der Waals surface area contributed by atoms with E-state index in [1.54, 1.807) is 7.11 Å². The Kier molecular flexibility index (Phi) is 4.74. The summed E-state index contributed by atoms with van der Waals surface area (Å²) in [7, 11) is 1.65. The van der Waals surface area contributed by atoms with Crippen LogP contribution in [0.1, 0.15) is 31.2 Å². The van der Waals surface area contributed by atoms with Gasteiger partial charge in [-0.3, -0.25) is 4.90 Å². The molecule has 18 heavy (non-hydrogen) atoms. The molecule has 1 saturated heterocycles. The molecular weight excluding hydrogens is 230 g/mol. The molecule has 0 bridgehead atoms. The van der Waals surface area contributed by atoms with Gasteiger partial charge >= 0.3 is 0 Å². The fourth-order valence-corrected chi connectivity index (χ4v) is 2.52. The Morgan fingerprint density at radius 1 is 1.56 bits per heavy atom. The van der Waals surface area contributed by atoms with Crippen LogP contribution in [-0.4, -0.2) is 36.3 Å². The number of methoxy groups -OCH3 is 1. The SMILES string of the molecule is COCc1cc(CN2CC(CN)CCC2C)no1. The standard InChI is InChI=1S/C13H23N3O2/c1-10-3-4-11(6-14)7-16(10)8-12-5-13(9-17-2)18-15-12/h5,10-11H,3-4,6-9,14H2,1-2H3. The van der Waals surface area contributed by atoms with Gasteiger partial charge in [-0.1, -0.05) is 5.16 Å². The van der Waals surface area contributed by atoms with Gasteiger partial charge in [0.05, 0.1) is 5.69 Å². The van der Waals surface area contributed by atoms with Crippen LogP contribution in [0.2, 0.25) is 0 Å². The van der Waals surface area contributed by atoms with E-state index in [9.17, 15) is 0 Å². The number of likely N-dealkylation sites (tertiary alicyclic amines) is 1. The molecule has 1 aliphatic rings. The van der Waals surface area contributed by atoms with Crippen LogP contribution in [0.5, 0.6) is 0 Å². The van der Waals surface area contributed by atoms with Gasteiger partial charge in [-0.25, -0.2) is 0 Å². The monoisotopic (exact) mass is 253 g/mol. The molecule has 0 radical (unpaired) electrons. The third-order valence-electron chi connectivity index (χ3n) is 3.70. The third-order valence-corrected chi connectivity index (χ3v) is 3.70. The molecule has 1 aromatic rings. The molecule has 1 aliphatic heterocycles. The maximum Gasteiger partial charge on any atom is 0.162 e. The maximum atomic E-state index is 5.77. The van der Waals surface area contributed by atoms with E-state index in [-0.39, 0.29) is 0 Å². The Morgan fingerprint density at radius 2 is 2.39 bits per heavy atom. The van der Waals surface area contributed by atoms with Crippen LogP contribution in [0.25, 0.3) is 0 Å². The minimum atomic E-state index is 0.480. The quantitative estimate of drug-likeness (QED) is 0.859. The Hall–Kier alpha value is -0.910.